The average Bonchev–Trinajstić information content (AvgIpc) is 2.78. The first-order valence-corrected chi connectivity index (χ1v) is 8.65. The molecule has 0 spiro atoms. The zero-order valence-corrected chi connectivity index (χ0v) is 15.1. The van der Waals surface area contributed by atoms with Crippen LogP contribution in [0.3, 0.4) is 0 Å². The van der Waals surface area contributed by atoms with Gasteiger partial charge in [-0.25, -0.2) is 9.18 Å². The molecule has 7 heteroatoms. The monoisotopic (exact) mass is 362 g/mol. The number of aromatic nitrogens is 1. The molecule has 1 aromatic carbocycles. The second-order valence-corrected chi connectivity index (χ2v) is 7.65. The Kier molecular flexibility index (Phi) is 4.64. The van der Waals surface area contributed by atoms with Crippen molar-refractivity contribution in [3.63, 3.8) is 0 Å². The van der Waals surface area contributed by atoms with Gasteiger partial charge in [0.1, 0.15) is 18.0 Å². The van der Waals surface area contributed by atoms with Crippen molar-refractivity contribution in [3.05, 3.63) is 35.3 Å². The number of benzene rings is 1. The number of nitrogens with zero attached hydrogens (tertiary/aromatic N) is 1. The van der Waals surface area contributed by atoms with E-state index in [1.165, 1.54) is 12.1 Å². The van der Waals surface area contributed by atoms with Crippen molar-refractivity contribution in [2.75, 3.05) is 0 Å². The SMILES string of the molecule is CC(C)(C)OC(=O)N[C@H]1CCc2c(c3cc(F)ccc3n2CC(=O)O)C1. The van der Waals surface area contributed by atoms with Crippen molar-refractivity contribution in [1.29, 1.82) is 0 Å². The molecule has 1 heterocycles. The molecule has 1 atom stereocenters. The number of rotatable bonds is 3. The number of halogens is 1. The summed E-state index contributed by atoms with van der Waals surface area (Å²) in [6.45, 7) is 5.23. The van der Waals surface area contributed by atoms with Gasteiger partial charge in [0.15, 0.2) is 0 Å². The van der Waals surface area contributed by atoms with E-state index in [1.54, 1.807) is 31.4 Å². The standard InChI is InChI=1S/C19H23FN2O4/c1-19(2,3)26-18(25)21-12-5-7-16-14(9-12)13-8-11(20)4-6-15(13)22(16)10-17(23)24/h4,6,8,12H,5,7,9-10H2,1-3H3,(H,21,25)(H,23,24)/t12-/m0/s1. The summed E-state index contributed by atoms with van der Waals surface area (Å²) < 4.78 is 20.8. The van der Waals surface area contributed by atoms with Gasteiger partial charge in [-0.1, -0.05) is 0 Å². The fourth-order valence-corrected chi connectivity index (χ4v) is 3.54. The van der Waals surface area contributed by atoms with Crippen LogP contribution in [0.1, 0.15) is 38.4 Å². The Hall–Kier alpha value is -2.57. The van der Waals surface area contributed by atoms with E-state index in [1.807, 2.05) is 0 Å². The van der Waals surface area contributed by atoms with E-state index < -0.39 is 17.7 Å². The third-order valence-electron chi connectivity index (χ3n) is 4.44. The minimum Gasteiger partial charge on any atom is -0.480 e. The Balaban J connectivity index is 1.90. The summed E-state index contributed by atoms with van der Waals surface area (Å²) in [6.07, 6.45) is 1.32. The van der Waals surface area contributed by atoms with Crippen LogP contribution in [0.5, 0.6) is 0 Å². The maximum Gasteiger partial charge on any atom is 0.407 e. The summed E-state index contributed by atoms with van der Waals surface area (Å²) in [5, 5.41) is 12.8. The molecule has 0 radical (unpaired) electrons. The molecule has 0 saturated carbocycles. The lowest BCUT2D eigenvalue weighted by Gasteiger charge is -2.27. The topological polar surface area (TPSA) is 80.6 Å². The molecular weight excluding hydrogens is 339 g/mol. The molecule has 26 heavy (non-hydrogen) atoms. The lowest BCUT2D eigenvalue weighted by molar-refractivity contribution is -0.137. The number of nitrogens with one attached hydrogen (secondary N) is 1. The Morgan fingerprint density at radius 3 is 2.77 bits per heavy atom. The smallest absolute Gasteiger partial charge is 0.407 e. The van der Waals surface area contributed by atoms with E-state index in [0.717, 1.165) is 11.3 Å². The zero-order chi connectivity index (χ0) is 19.1. The Labute approximate surface area is 150 Å². The zero-order valence-electron chi connectivity index (χ0n) is 15.1. The van der Waals surface area contributed by atoms with Crippen molar-refractivity contribution < 1.29 is 23.8 Å². The van der Waals surface area contributed by atoms with Crippen LogP contribution >= 0.6 is 0 Å². The van der Waals surface area contributed by atoms with Crippen LogP contribution in [0.15, 0.2) is 18.2 Å². The molecule has 2 aromatic rings. The van der Waals surface area contributed by atoms with E-state index in [4.69, 9.17) is 4.74 Å². The van der Waals surface area contributed by atoms with Gasteiger partial charge in [0, 0.05) is 22.6 Å². The molecule has 0 bridgehead atoms. The van der Waals surface area contributed by atoms with Gasteiger partial charge in [0.25, 0.3) is 0 Å². The van der Waals surface area contributed by atoms with Crippen LogP contribution < -0.4 is 5.32 Å². The number of carboxylic acid groups (broad SMARTS) is 1. The van der Waals surface area contributed by atoms with Crippen LogP contribution in [-0.4, -0.2) is 33.4 Å². The molecule has 140 valence electrons. The van der Waals surface area contributed by atoms with E-state index in [2.05, 4.69) is 5.32 Å². The Bertz CT molecular complexity index is 867. The number of alkyl carbamates (subject to hydrolysis) is 1. The first kappa shape index (κ1) is 18.2. The van der Waals surface area contributed by atoms with Gasteiger partial charge in [-0.15, -0.1) is 0 Å². The molecule has 0 unspecified atom stereocenters. The lowest BCUT2D eigenvalue weighted by atomic mass is 9.91. The third-order valence-corrected chi connectivity index (χ3v) is 4.44. The van der Waals surface area contributed by atoms with Gasteiger partial charge >= 0.3 is 12.1 Å². The number of ether oxygens (including phenoxy) is 1. The van der Waals surface area contributed by atoms with Crippen LogP contribution in [0, 0.1) is 5.82 Å². The number of carbonyl (C=O) groups excluding carboxylic acids is 1. The van der Waals surface area contributed by atoms with Gasteiger partial charge in [-0.3, -0.25) is 4.79 Å². The summed E-state index contributed by atoms with van der Waals surface area (Å²) in [4.78, 5) is 23.3. The number of hydrogen-bond acceptors (Lipinski definition) is 3. The van der Waals surface area contributed by atoms with Crippen molar-refractivity contribution in [2.45, 2.75) is 58.2 Å². The molecule has 0 fully saturated rings. The van der Waals surface area contributed by atoms with Crippen molar-refractivity contribution in [1.82, 2.24) is 9.88 Å². The van der Waals surface area contributed by atoms with Crippen LogP contribution in [0.2, 0.25) is 0 Å². The van der Waals surface area contributed by atoms with Crippen LogP contribution in [-0.2, 0) is 28.9 Å². The summed E-state index contributed by atoms with van der Waals surface area (Å²) >= 11 is 0. The molecule has 1 aliphatic rings. The fourth-order valence-electron chi connectivity index (χ4n) is 3.54. The number of carboxylic acids is 1. The largest absolute Gasteiger partial charge is 0.480 e. The number of amides is 1. The highest BCUT2D eigenvalue weighted by atomic mass is 19.1. The number of carbonyl (C=O) groups is 2. The molecule has 6 nitrogen and oxygen atoms in total. The van der Waals surface area contributed by atoms with Gasteiger partial charge < -0.3 is 19.7 Å². The quantitative estimate of drug-likeness (QED) is 0.878. The van der Waals surface area contributed by atoms with E-state index in [9.17, 15) is 19.1 Å². The molecule has 3 rings (SSSR count). The van der Waals surface area contributed by atoms with Gasteiger partial charge in [0.2, 0.25) is 0 Å². The van der Waals surface area contributed by atoms with Gasteiger partial charge in [0.05, 0.1) is 0 Å². The number of fused-ring (bicyclic) bond motifs is 3. The highest BCUT2D eigenvalue weighted by Gasteiger charge is 2.28. The predicted molar refractivity (Wildman–Crippen MR) is 94.7 cm³/mol. The maximum atomic E-state index is 13.8. The molecule has 2 N–H and O–H groups in total. The first-order valence-electron chi connectivity index (χ1n) is 8.65. The van der Waals surface area contributed by atoms with E-state index >= 15 is 0 Å². The van der Waals surface area contributed by atoms with Crippen molar-refractivity contribution in [2.24, 2.45) is 0 Å². The summed E-state index contributed by atoms with van der Waals surface area (Å²) in [6, 6.07) is 4.25. The molecule has 0 aliphatic heterocycles. The number of aliphatic carboxylic acids is 1. The highest BCUT2D eigenvalue weighted by Crippen LogP contribution is 2.33. The van der Waals surface area contributed by atoms with E-state index in [0.29, 0.717) is 30.2 Å². The predicted octanol–water partition coefficient (Wildman–Crippen LogP) is 3.25. The maximum absolute atomic E-state index is 13.8. The van der Waals surface area contributed by atoms with Crippen LogP contribution in [0.4, 0.5) is 9.18 Å². The van der Waals surface area contributed by atoms with E-state index in [-0.39, 0.29) is 18.4 Å². The lowest BCUT2D eigenvalue weighted by Crippen LogP contribution is -2.42. The van der Waals surface area contributed by atoms with Crippen LogP contribution in [0.25, 0.3) is 10.9 Å². The Morgan fingerprint density at radius 1 is 1.38 bits per heavy atom. The third kappa shape index (κ3) is 3.81. The van der Waals surface area contributed by atoms with Crippen molar-refractivity contribution in [3.8, 4) is 0 Å². The second-order valence-electron chi connectivity index (χ2n) is 7.65. The molecule has 1 aromatic heterocycles. The molecule has 0 saturated heterocycles. The highest BCUT2D eigenvalue weighted by molar-refractivity contribution is 5.87. The van der Waals surface area contributed by atoms with Gasteiger partial charge in [-0.05, 0) is 63.8 Å². The summed E-state index contributed by atoms with van der Waals surface area (Å²) in [5.74, 6) is -1.31. The number of hydrogen-bond donors (Lipinski definition) is 2. The van der Waals surface area contributed by atoms with Crippen molar-refractivity contribution >= 4 is 23.0 Å². The molecule has 1 amide bonds. The minimum atomic E-state index is -0.942. The fraction of sp³-hybridized carbons (Fsp3) is 0.474. The molecular formula is C19H23FN2O4. The minimum absolute atomic E-state index is 0.135. The summed E-state index contributed by atoms with van der Waals surface area (Å²) in [5.41, 5.74) is 1.92. The summed E-state index contributed by atoms with van der Waals surface area (Å²) in [7, 11) is 0. The second kappa shape index (κ2) is 6.63. The normalized spacial score (nSPS) is 17.0. The van der Waals surface area contributed by atoms with Gasteiger partial charge in [-0.2, -0.15) is 0 Å². The average molecular weight is 362 g/mol. The molecule has 1 aliphatic carbocycles. The Morgan fingerprint density at radius 2 is 2.12 bits per heavy atom. The first-order chi connectivity index (χ1) is 12.1.